The molecule has 0 spiro atoms. The number of nitrogens with one attached hydrogen (secondary N) is 1. The molecule has 47 heavy (non-hydrogen) atoms. The summed E-state index contributed by atoms with van der Waals surface area (Å²) in [5.41, 5.74) is 3.18. The van der Waals surface area contributed by atoms with Crippen LogP contribution in [0.25, 0.3) is 0 Å². The van der Waals surface area contributed by atoms with E-state index in [2.05, 4.69) is 22.6 Å². The Morgan fingerprint density at radius 1 is 0.957 bits per heavy atom. The Morgan fingerprint density at radius 3 is 2.32 bits per heavy atom. The highest BCUT2D eigenvalue weighted by molar-refractivity contribution is 6.71. The van der Waals surface area contributed by atoms with Crippen LogP contribution in [0.15, 0.2) is 60.8 Å². The zero-order chi connectivity index (χ0) is 33.9. The Kier molecular flexibility index (Phi) is 11.3. The second kappa shape index (κ2) is 15.0. The van der Waals surface area contributed by atoms with Gasteiger partial charge in [-0.3, -0.25) is 9.48 Å². The van der Waals surface area contributed by atoms with Crippen LogP contribution in [0.4, 0.5) is 5.69 Å². The van der Waals surface area contributed by atoms with Gasteiger partial charge in [-0.2, -0.15) is 0 Å². The molecule has 3 aromatic rings. The first-order chi connectivity index (χ1) is 22.4. The average molecular weight is 671 g/mol. The van der Waals surface area contributed by atoms with Crippen molar-refractivity contribution in [1.82, 2.24) is 15.0 Å². The zero-order valence-electron chi connectivity index (χ0n) is 26.8. The van der Waals surface area contributed by atoms with E-state index in [4.69, 9.17) is 9.47 Å². The van der Waals surface area contributed by atoms with Gasteiger partial charge in [-0.05, 0) is 61.5 Å². The highest BCUT2D eigenvalue weighted by atomic mass is 28.4. The van der Waals surface area contributed by atoms with Crippen molar-refractivity contribution >= 4 is 19.9 Å². The second-order valence-electron chi connectivity index (χ2n) is 13.2. The lowest BCUT2D eigenvalue weighted by Crippen LogP contribution is -2.60. The van der Waals surface area contributed by atoms with E-state index in [1.54, 1.807) is 16.8 Å². The van der Waals surface area contributed by atoms with Crippen LogP contribution < -0.4 is 5.32 Å². The fraction of sp³-hybridized carbons (Fsp3) is 0.545. The van der Waals surface area contributed by atoms with Gasteiger partial charge in [-0.15, -0.1) is 5.10 Å². The number of carbonyl (C=O) groups is 1. The molecule has 2 aliphatic heterocycles. The normalized spacial score (nSPS) is 30.3. The third-order valence-corrected chi connectivity index (χ3v) is 12.0. The highest BCUT2D eigenvalue weighted by Crippen LogP contribution is 2.45. The molecule has 2 aliphatic rings. The first-order valence-electron chi connectivity index (χ1n) is 16.1. The summed E-state index contributed by atoms with van der Waals surface area (Å²) in [5.74, 6) is -0.863. The summed E-state index contributed by atoms with van der Waals surface area (Å²) in [4.78, 5) is 23.9. The third-order valence-electron chi connectivity index (χ3n) is 9.44. The van der Waals surface area contributed by atoms with E-state index in [0.717, 1.165) is 17.5 Å². The fourth-order valence-corrected chi connectivity index (χ4v) is 9.59. The van der Waals surface area contributed by atoms with Crippen molar-refractivity contribution in [2.24, 2.45) is 5.92 Å². The molecule has 0 saturated carbocycles. The van der Waals surface area contributed by atoms with Crippen molar-refractivity contribution in [3.05, 3.63) is 77.6 Å². The van der Waals surface area contributed by atoms with Gasteiger partial charge < -0.3 is 45.1 Å². The average Bonchev–Trinajstić information content (AvgIpc) is 3.65. The summed E-state index contributed by atoms with van der Waals surface area (Å²) < 4.78 is 13.4. The van der Waals surface area contributed by atoms with Gasteiger partial charge in [0.2, 0.25) is 0 Å². The number of carbonyl (C=O) groups excluding carboxylic acids is 1. The SMILES string of the molecule is C[C@@H]1[C@@H]([Si](C)(C)O)[C@H](CCn2cc(C(CO)c3ccccc3)nn2)O[C@@H]1CCc1ccc(NC(=O)[C@H]2O[C@@H](O)[C@H](O)[C@@H](O)[C@@H]2O)cc1. The topological polar surface area (TPSA) is 200 Å². The Bertz CT molecular complexity index is 1450. The molecular formula is C33H46N4O9Si. The molecule has 3 heterocycles. The second-order valence-corrected chi connectivity index (χ2v) is 17.2. The lowest BCUT2D eigenvalue weighted by atomic mass is 9.95. The molecule has 14 heteroatoms. The molecule has 13 nitrogen and oxygen atoms in total. The lowest BCUT2D eigenvalue weighted by Gasteiger charge is -2.37. The van der Waals surface area contributed by atoms with Gasteiger partial charge in [0.25, 0.3) is 5.91 Å². The van der Waals surface area contributed by atoms with E-state index >= 15 is 0 Å². The molecule has 5 rings (SSSR count). The van der Waals surface area contributed by atoms with Gasteiger partial charge in [0.1, 0.15) is 18.3 Å². The minimum atomic E-state index is -2.57. The molecule has 7 N–H and O–H groups in total. The first kappa shape index (κ1) is 35.3. The third kappa shape index (κ3) is 8.16. The van der Waals surface area contributed by atoms with E-state index < -0.39 is 44.9 Å². The van der Waals surface area contributed by atoms with Gasteiger partial charge >= 0.3 is 0 Å². The maximum absolute atomic E-state index is 12.6. The summed E-state index contributed by atoms with van der Waals surface area (Å²) in [7, 11) is -2.57. The van der Waals surface area contributed by atoms with Crippen LogP contribution in [-0.2, 0) is 27.2 Å². The summed E-state index contributed by atoms with van der Waals surface area (Å²) in [6.45, 7) is 6.56. The summed E-state index contributed by atoms with van der Waals surface area (Å²) in [5, 5.41) is 60.6. The summed E-state index contributed by atoms with van der Waals surface area (Å²) in [6, 6.07) is 16.9. The lowest BCUT2D eigenvalue weighted by molar-refractivity contribution is -0.274. The molecule has 2 fully saturated rings. The first-order valence-corrected chi connectivity index (χ1v) is 19.1. The number of nitrogens with zero attached hydrogens (tertiary/aromatic N) is 3. The molecule has 0 radical (unpaired) electrons. The number of aliphatic hydroxyl groups is 5. The minimum Gasteiger partial charge on any atom is -0.432 e. The van der Waals surface area contributed by atoms with Crippen LogP contribution >= 0.6 is 0 Å². The number of aliphatic hydroxyl groups excluding tert-OH is 5. The number of benzene rings is 2. The van der Waals surface area contributed by atoms with Crippen LogP contribution in [0, 0.1) is 5.92 Å². The van der Waals surface area contributed by atoms with Crippen molar-refractivity contribution in [1.29, 1.82) is 0 Å². The van der Waals surface area contributed by atoms with Crippen LogP contribution in [0.5, 0.6) is 0 Å². The van der Waals surface area contributed by atoms with Crippen LogP contribution in [0.3, 0.4) is 0 Å². The zero-order valence-corrected chi connectivity index (χ0v) is 27.8. The van der Waals surface area contributed by atoms with Crippen molar-refractivity contribution < 1.29 is 44.6 Å². The fourth-order valence-electron chi connectivity index (χ4n) is 6.93. The number of hydrogen-bond acceptors (Lipinski definition) is 11. The molecule has 1 aromatic heterocycles. The van der Waals surface area contributed by atoms with Crippen LogP contribution in [0.2, 0.25) is 18.6 Å². The van der Waals surface area contributed by atoms with Gasteiger partial charge in [-0.25, -0.2) is 0 Å². The highest BCUT2D eigenvalue weighted by Gasteiger charge is 2.49. The van der Waals surface area contributed by atoms with E-state index in [0.29, 0.717) is 30.8 Å². The maximum Gasteiger partial charge on any atom is 0.256 e. The predicted octanol–water partition coefficient (Wildman–Crippen LogP) is 1.13. The Labute approximate surface area is 274 Å². The molecule has 10 atom stereocenters. The molecule has 2 aromatic carbocycles. The Morgan fingerprint density at radius 2 is 1.66 bits per heavy atom. The van der Waals surface area contributed by atoms with Gasteiger partial charge in [0, 0.05) is 24.0 Å². The van der Waals surface area contributed by atoms with Crippen LogP contribution in [-0.4, -0.2) is 109 Å². The minimum absolute atomic E-state index is 0.0399. The molecule has 0 aliphatic carbocycles. The number of amides is 1. The van der Waals surface area contributed by atoms with E-state index in [1.807, 2.05) is 61.8 Å². The molecule has 256 valence electrons. The quantitative estimate of drug-likeness (QED) is 0.136. The molecule has 2 saturated heterocycles. The van der Waals surface area contributed by atoms with Crippen LogP contribution in [0.1, 0.15) is 42.5 Å². The standard InChI is InChI=1S/C33H46N4O9Si/c1-19-25(14-11-20-9-12-22(13-10-20)34-32(42)30-28(40)27(39)29(41)33(43)46-30)45-26(31(19)47(2,3)44)15-16-37-17-24(35-36-37)23(18-38)21-7-5-4-6-8-21/h4-10,12-13,17,19,23,25-31,33,38-41,43-44H,11,14-16,18H2,1-3H3,(H,34,42)/t19-,23?,25+,26-,27-,28-,29+,30-,31+,33+/m0/s1. The van der Waals surface area contributed by atoms with E-state index in [9.17, 15) is 35.1 Å². The van der Waals surface area contributed by atoms with Crippen molar-refractivity contribution in [2.45, 2.75) is 100 Å². The predicted molar refractivity (Wildman–Crippen MR) is 174 cm³/mol. The van der Waals surface area contributed by atoms with Gasteiger partial charge in [-0.1, -0.05) is 54.6 Å². The monoisotopic (exact) mass is 670 g/mol. The van der Waals surface area contributed by atoms with E-state index in [1.165, 1.54) is 0 Å². The Hall–Kier alpha value is -3.05. The largest absolute Gasteiger partial charge is 0.432 e. The van der Waals surface area contributed by atoms with Gasteiger partial charge in [0.15, 0.2) is 20.7 Å². The van der Waals surface area contributed by atoms with Crippen molar-refractivity contribution in [3.8, 4) is 0 Å². The molecule has 1 unspecified atom stereocenters. The van der Waals surface area contributed by atoms with Gasteiger partial charge in [0.05, 0.1) is 30.4 Å². The number of ether oxygens (including phenoxy) is 2. The molecular weight excluding hydrogens is 624 g/mol. The number of rotatable bonds is 12. The molecule has 1 amide bonds. The number of aromatic nitrogens is 3. The Balaban J connectivity index is 1.16. The maximum atomic E-state index is 12.6. The molecule has 0 bridgehead atoms. The number of aryl methyl sites for hydroxylation is 2. The number of anilines is 1. The van der Waals surface area contributed by atoms with E-state index in [-0.39, 0.29) is 36.2 Å². The summed E-state index contributed by atoms with van der Waals surface area (Å²) >= 11 is 0. The number of hydrogen-bond donors (Lipinski definition) is 7. The van der Waals surface area contributed by atoms with Crippen molar-refractivity contribution in [2.75, 3.05) is 11.9 Å². The smallest absolute Gasteiger partial charge is 0.256 e. The summed E-state index contributed by atoms with van der Waals surface area (Å²) in [6.07, 6.45) is -4.69. The van der Waals surface area contributed by atoms with Crippen molar-refractivity contribution in [3.63, 3.8) is 0 Å².